The van der Waals surface area contributed by atoms with Crippen molar-refractivity contribution in [2.24, 2.45) is 0 Å². The summed E-state index contributed by atoms with van der Waals surface area (Å²) in [6.45, 7) is 4.44. The maximum atomic E-state index is 2.57. The zero-order chi connectivity index (χ0) is 43.2. The van der Waals surface area contributed by atoms with Gasteiger partial charge in [0.1, 0.15) is 0 Å². The minimum absolute atomic E-state index is 0.621. The Morgan fingerprint density at radius 1 is 0.292 bits per heavy atom. The Morgan fingerprint density at radius 3 is 1.38 bits per heavy atom. The summed E-state index contributed by atoms with van der Waals surface area (Å²) < 4.78 is 0. The quantitative estimate of drug-likeness (QED) is 0.154. The maximum Gasteiger partial charge on any atom is 0.0732 e. The number of benzene rings is 11. The molecule has 0 heterocycles. The second-order valence-corrected chi connectivity index (χ2v) is 17.6. The molecule has 2 aliphatic rings. The SMILES string of the molecule is Cc1ccccc1N(c1ccccc1)c1ccc2c3c(c4ccccc4c2c1)-c1c(cc(N(c2ccccc2)c2ccccc2C)c2ccccc12)C31c2ccccc2-c2ccccc21. The number of nitrogens with zero attached hydrogens (tertiary/aromatic N) is 2. The van der Waals surface area contributed by atoms with Gasteiger partial charge < -0.3 is 9.80 Å². The normalized spacial score (nSPS) is 12.9. The van der Waals surface area contributed by atoms with E-state index in [4.69, 9.17) is 0 Å². The van der Waals surface area contributed by atoms with Gasteiger partial charge in [0, 0.05) is 33.8 Å². The lowest BCUT2D eigenvalue weighted by molar-refractivity contribution is 0.802. The summed E-state index contributed by atoms with van der Waals surface area (Å²) in [5.41, 5.74) is 19.3. The first-order valence-electron chi connectivity index (χ1n) is 22.7. The topological polar surface area (TPSA) is 6.48 Å². The number of anilines is 6. The number of rotatable bonds is 6. The number of hydrogen-bond acceptors (Lipinski definition) is 2. The third kappa shape index (κ3) is 5.29. The van der Waals surface area contributed by atoms with Crippen molar-refractivity contribution in [3.8, 4) is 22.3 Å². The van der Waals surface area contributed by atoms with Crippen molar-refractivity contribution in [2.75, 3.05) is 9.80 Å². The van der Waals surface area contributed by atoms with Gasteiger partial charge in [-0.1, -0.05) is 176 Å². The fraction of sp³-hybridized carbons (Fsp3) is 0.0476. The Morgan fingerprint density at radius 2 is 0.769 bits per heavy atom. The molecule has 0 radical (unpaired) electrons. The lowest BCUT2D eigenvalue weighted by atomic mass is 9.69. The Kier molecular flexibility index (Phi) is 8.29. The molecule has 65 heavy (non-hydrogen) atoms. The molecule has 0 saturated heterocycles. The monoisotopic (exact) mass is 828 g/mol. The number of aryl methyl sites for hydroxylation is 2. The van der Waals surface area contributed by atoms with Gasteiger partial charge in [0.15, 0.2) is 0 Å². The number of hydrogen-bond donors (Lipinski definition) is 0. The molecule has 11 aromatic carbocycles. The van der Waals surface area contributed by atoms with Gasteiger partial charge in [-0.15, -0.1) is 0 Å². The van der Waals surface area contributed by atoms with Crippen LogP contribution in [0.5, 0.6) is 0 Å². The average molecular weight is 829 g/mol. The van der Waals surface area contributed by atoms with Crippen molar-refractivity contribution in [3.63, 3.8) is 0 Å². The zero-order valence-electron chi connectivity index (χ0n) is 36.3. The highest BCUT2D eigenvalue weighted by Crippen LogP contribution is 2.67. The molecule has 2 aliphatic carbocycles. The second-order valence-electron chi connectivity index (χ2n) is 17.6. The van der Waals surface area contributed by atoms with Crippen LogP contribution in [0.15, 0.2) is 231 Å². The van der Waals surface area contributed by atoms with Crippen molar-refractivity contribution in [2.45, 2.75) is 19.3 Å². The van der Waals surface area contributed by atoms with Gasteiger partial charge in [0.05, 0.1) is 11.1 Å². The van der Waals surface area contributed by atoms with E-state index in [1.165, 1.54) is 105 Å². The van der Waals surface area contributed by atoms with Crippen LogP contribution in [0.25, 0.3) is 54.6 Å². The van der Waals surface area contributed by atoms with Crippen molar-refractivity contribution in [3.05, 3.63) is 264 Å². The summed E-state index contributed by atoms with van der Waals surface area (Å²) in [6.07, 6.45) is 0. The fourth-order valence-electron chi connectivity index (χ4n) is 11.6. The molecule has 0 aliphatic heterocycles. The summed E-state index contributed by atoms with van der Waals surface area (Å²) in [5.74, 6) is 0. The average Bonchev–Trinajstić information content (AvgIpc) is 3.84. The molecule has 13 rings (SSSR count). The lowest BCUT2D eigenvalue weighted by Gasteiger charge is -2.34. The fourth-order valence-corrected chi connectivity index (χ4v) is 11.6. The van der Waals surface area contributed by atoms with E-state index in [0.717, 1.165) is 17.1 Å². The van der Waals surface area contributed by atoms with E-state index in [0.29, 0.717) is 0 Å². The summed E-state index contributed by atoms with van der Waals surface area (Å²) in [4.78, 5) is 4.92. The lowest BCUT2D eigenvalue weighted by Crippen LogP contribution is -2.26. The van der Waals surface area contributed by atoms with Crippen molar-refractivity contribution < 1.29 is 0 Å². The highest BCUT2D eigenvalue weighted by atomic mass is 15.2. The predicted octanol–water partition coefficient (Wildman–Crippen LogP) is 17.0. The van der Waals surface area contributed by atoms with Crippen LogP contribution in [0.4, 0.5) is 34.1 Å². The van der Waals surface area contributed by atoms with Crippen LogP contribution in [0.2, 0.25) is 0 Å². The molecule has 2 heteroatoms. The Bertz CT molecular complexity index is 3650. The summed E-state index contributed by atoms with van der Waals surface area (Å²) in [6, 6.07) is 85.8. The molecule has 1 spiro atoms. The molecule has 0 N–H and O–H groups in total. The van der Waals surface area contributed by atoms with Gasteiger partial charge in [-0.05, 0) is 151 Å². The molecule has 0 atom stereocenters. The molecule has 0 bridgehead atoms. The van der Waals surface area contributed by atoms with Crippen LogP contribution in [0.3, 0.4) is 0 Å². The van der Waals surface area contributed by atoms with Gasteiger partial charge in [0.2, 0.25) is 0 Å². The van der Waals surface area contributed by atoms with E-state index in [1.54, 1.807) is 0 Å². The molecular weight excluding hydrogens is 785 g/mol. The van der Waals surface area contributed by atoms with Crippen molar-refractivity contribution in [1.82, 2.24) is 0 Å². The van der Waals surface area contributed by atoms with Crippen LogP contribution >= 0.6 is 0 Å². The van der Waals surface area contributed by atoms with Crippen LogP contribution < -0.4 is 9.80 Å². The summed E-state index contributed by atoms with van der Waals surface area (Å²) in [7, 11) is 0. The smallest absolute Gasteiger partial charge is 0.0732 e. The molecule has 0 aromatic heterocycles. The standard InChI is InChI=1S/C63H44N2/c1-41-21-9-19-35-57(41)64(43-23-5-3-6-24-43)45-37-38-52-53(39-45)46-27-11-13-31-50(46)61-60-51-32-14-12-30-49(51)59(65(44-25-7-4-8-26-44)58-36-20-10-22-42(58)2)40-56(60)63(62(52)61)54-33-17-15-28-47(54)48-29-16-18-34-55(48)63/h3-40H,1-2H3. The number of para-hydroxylation sites is 4. The molecule has 306 valence electrons. The van der Waals surface area contributed by atoms with Gasteiger partial charge in [-0.2, -0.15) is 0 Å². The minimum Gasteiger partial charge on any atom is -0.310 e. The van der Waals surface area contributed by atoms with E-state index in [1.807, 2.05) is 0 Å². The molecular formula is C63H44N2. The third-order valence-corrected chi connectivity index (χ3v) is 14.3. The first kappa shape index (κ1) is 37.4. The van der Waals surface area contributed by atoms with Gasteiger partial charge in [-0.25, -0.2) is 0 Å². The van der Waals surface area contributed by atoms with E-state index in [-0.39, 0.29) is 0 Å². The minimum atomic E-state index is -0.621. The van der Waals surface area contributed by atoms with Crippen LogP contribution in [0.1, 0.15) is 33.4 Å². The highest BCUT2D eigenvalue weighted by molar-refractivity contribution is 6.24. The highest BCUT2D eigenvalue weighted by Gasteiger charge is 2.54. The summed E-state index contributed by atoms with van der Waals surface area (Å²) >= 11 is 0. The Hall–Kier alpha value is -8.20. The van der Waals surface area contributed by atoms with E-state index in [9.17, 15) is 0 Å². The van der Waals surface area contributed by atoms with E-state index < -0.39 is 5.41 Å². The number of fused-ring (bicyclic) bond motifs is 17. The molecule has 2 nitrogen and oxygen atoms in total. The predicted molar refractivity (Wildman–Crippen MR) is 274 cm³/mol. The zero-order valence-corrected chi connectivity index (χ0v) is 36.3. The molecule has 11 aromatic rings. The molecule has 0 amide bonds. The second kappa shape index (κ2) is 14.4. The van der Waals surface area contributed by atoms with Crippen LogP contribution in [0, 0.1) is 13.8 Å². The Balaban J connectivity index is 1.20. The maximum absolute atomic E-state index is 2.57. The molecule has 0 saturated carbocycles. The van der Waals surface area contributed by atoms with Gasteiger partial charge >= 0.3 is 0 Å². The largest absolute Gasteiger partial charge is 0.310 e. The van der Waals surface area contributed by atoms with E-state index >= 15 is 0 Å². The molecule has 0 fully saturated rings. The summed E-state index contributed by atoms with van der Waals surface area (Å²) in [5, 5.41) is 7.51. The van der Waals surface area contributed by atoms with Gasteiger partial charge in [-0.3, -0.25) is 0 Å². The Labute approximate surface area is 379 Å². The van der Waals surface area contributed by atoms with Crippen LogP contribution in [-0.4, -0.2) is 0 Å². The third-order valence-electron chi connectivity index (χ3n) is 14.3. The van der Waals surface area contributed by atoms with E-state index in [2.05, 4.69) is 254 Å². The van der Waals surface area contributed by atoms with Crippen LogP contribution in [-0.2, 0) is 5.41 Å². The first-order chi connectivity index (χ1) is 32.1. The van der Waals surface area contributed by atoms with Gasteiger partial charge in [0.25, 0.3) is 0 Å². The van der Waals surface area contributed by atoms with Crippen molar-refractivity contribution >= 4 is 66.4 Å². The first-order valence-corrected chi connectivity index (χ1v) is 22.7. The van der Waals surface area contributed by atoms with Crippen molar-refractivity contribution in [1.29, 1.82) is 0 Å². The molecule has 0 unspecified atom stereocenters.